The Labute approximate surface area is 117 Å². The van der Waals surface area contributed by atoms with E-state index in [2.05, 4.69) is 10.6 Å². The molecule has 0 saturated carbocycles. The number of hydrogen-bond donors (Lipinski definition) is 3. The number of amides is 2. The van der Waals surface area contributed by atoms with Crippen LogP contribution in [-0.4, -0.2) is 36.0 Å². The van der Waals surface area contributed by atoms with E-state index in [4.69, 9.17) is 0 Å². The fourth-order valence-corrected chi connectivity index (χ4v) is 1.88. The lowest BCUT2D eigenvalue weighted by atomic mass is 9.96. The second kappa shape index (κ2) is 6.70. The zero-order valence-corrected chi connectivity index (χ0v) is 11.7. The van der Waals surface area contributed by atoms with E-state index < -0.39 is 11.9 Å². The highest BCUT2D eigenvalue weighted by Crippen LogP contribution is 2.18. The Balaban J connectivity index is 2.90. The first-order valence-electron chi connectivity index (χ1n) is 6.20. The van der Waals surface area contributed by atoms with Gasteiger partial charge in [0.1, 0.15) is 0 Å². The van der Waals surface area contributed by atoms with Gasteiger partial charge in [-0.15, -0.1) is 0 Å². The van der Waals surface area contributed by atoms with Crippen LogP contribution in [0.2, 0.25) is 0 Å². The molecule has 6 nitrogen and oxygen atoms in total. The maximum absolute atomic E-state index is 12.1. The smallest absolute Gasteiger partial charge is 0.336 e. The second-order valence-electron chi connectivity index (χ2n) is 4.49. The zero-order chi connectivity index (χ0) is 15.3. The number of carbonyl (C=O) groups is 3. The van der Waals surface area contributed by atoms with Crippen LogP contribution >= 0.6 is 0 Å². The molecule has 0 atom stereocenters. The average Bonchev–Trinajstić information content (AvgIpc) is 2.36. The average molecular weight is 278 g/mol. The molecule has 108 valence electrons. The third kappa shape index (κ3) is 3.81. The van der Waals surface area contributed by atoms with E-state index in [1.807, 2.05) is 0 Å². The van der Waals surface area contributed by atoms with Crippen molar-refractivity contribution in [2.45, 2.75) is 20.8 Å². The van der Waals surface area contributed by atoms with Crippen LogP contribution in [0.1, 0.15) is 38.8 Å². The molecular weight excluding hydrogens is 260 g/mol. The van der Waals surface area contributed by atoms with Crippen molar-refractivity contribution < 1.29 is 19.5 Å². The molecule has 0 aliphatic heterocycles. The predicted molar refractivity (Wildman–Crippen MR) is 73.9 cm³/mol. The summed E-state index contributed by atoms with van der Waals surface area (Å²) in [5, 5.41) is 14.4. The largest absolute Gasteiger partial charge is 0.478 e. The van der Waals surface area contributed by atoms with Crippen LogP contribution in [0.25, 0.3) is 0 Å². The van der Waals surface area contributed by atoms with Gasteiger partial charge < -0.3 is 15.7 Å². The van der Waals surface area contributed by atoms with E-state index in [1.54, 1.807) is 26.0 Å². The Hall–Kier alpha value is -2.37. The summed E-state index contributed by atoms with van der Waals surface area (Å²) in [6.07, 6.45) is 0. The summed E-state index contributed by atoms with van der Waals surface area (Å²) in [4.78, 5) is 34.1. The Morgan fingerprint density at radius 2 is 1.50 bits per heavy atom. The van der Waals surface area contributed by atoms with Gasteiger partial charge in [-0.3, -0.25) is 9.59 Å². The summed E-state index contributed by atoms with van der Waals surface area (Å²) in [6, 6.07) is 3.39. The molecule has 1 aromatic carbocycles. The van der Waals surface area contributed by atoms with E-state index in [1.165, 1.54) is 6.92 Å². The highest BCUT2D eigenvalue weighted by atomic mass is 16.4. The summed E-state index contributed by atoms with van der Waals surface area (Å²) in [5.74, 6) is -1.76. The van der Waals surface area contributed by atoms with Crippen molar-refractivity contribution in [2.75, 3.05) is 13.1 Å². The first-order chi connectivity index (χ1) is 9.34. The second-order valence-corrected chi connectivity index (χ2v) is 4.49. The van der Waals surface area contributed by atoms with Crippen molar-refractivity contribution in [3.05, 3.63) is 34.4 Å². The minimum absolute atomic E-state index is 0.0158. The first kappa shape index (κ1) is 15.7. The Morgan fingerprint density at radius 1 is 1.00 bits per heavy atom. The van der Waals surface area contributed by atoms with Crippen molar-refractivity contribution in [1.82, 2.24) is 10.6 Å². The van der Waals surface area contributed by atoms with Gasteiger partial charge in [0.05, 0.1) is 11.1 Å². The number of benzene rings is 1. The van der Waals surface area contributed by atoms with Gasteiger partial charge >= 0.3 is 5.97 Å². The van der Waals surface area contributed by atoms with Crippen LogP contribution in [-0.2, 0) is 4.79 Å². The van der Waals surface area contributed by atoms with Crippen LogP contribution in [0, 0.1) is 13.8 Å². The van der Waals surface area contributed by atoms with Gasteiger partial charge in [0.25, 0.3) is 5.91 Å². The monoisotopic (exact) mass is 278 g/mol. The van der Waals surface area contributed by atoms with Gasteiger partial charge in [0.15, 0.2) is 0 Å². The van der Waals surface area contributed by atoms with Gasteiger partial charge in [0, 0.05) is 20.0 Å². The fraction of sp³-hybridized carbons (Fsp3) is 0.357. The summed E-state index contributed by atoms with van der Waals surface area (Å²) < 4.78 is 0. The van der Waals surface area contributed by atoms with E-state index in [0.717, 1.165) is 0 Å². The molecule has 0 saturated heterocycles. The molecule has 2 amide bonds. The van der Waals surface area contributed by atoms with Crippen LogP contribution in [0.4, 0.5) is 0 Å². The summed E-state index contributed by atoms with van der Waals surface area (Å²) >= 11 is 0. The van der Waals surface area contributed by atoms with Crippen molar-refractivity contribution >= 4 is 17.8 Å². The third-order valence-electron chi connectivity index (χ3n) is 2.85. The number of aromatic carboxylic acids is 1. The van der Waals surface area contributed by atoms with Crippen molar-refractivity contribution in [1.29, 1.82) is 0 Å². The quantitative estimate of drug-likeness (QED) is 0.696. The molecule has 1 aromatic rings. The van der Waals surface area contributed by atoms with E-state index in [0.29, 0.717) is 17.7 Å². The van der Waals surface area contributed by atoms with Gasteiger partial charge in [-0.2, -0.15) is 0 Å². The molecule has 0 unspecified atom stereocenters. The number of rotatable bonds is 5. The van der Waals surface area contributed by atoms with Gasteiger partial charge in [-0.1, -0.05) is 12.1 Å². The van der Waals surface area contributed by atoms with Gasteiger partial charge in [0.2, 0.25) is 5.91 Å². The lowest BCUT2D eigenvalue weighted by Gasteiger charge is -2.12. The molecule has 1 rings (SSSR count). The van der Waals surface area contributed by atoms with E-state index in [9.17, 15) is 19.5 Å². The number of carbonyl (C=O) groups excluding carboxylic acids is 2. The van der Waals surface area contributed by atoms with Crippen LogP contribution in [0.3, 0.4) is 0 Å². The molecule has 6 heteroatoms. The molecule has 0 aliphatic carbocycles. The summed E-state index contributed by atoms with van der Waals surface area (Å²) in [6.45, 7) is 5.26. The van der Waals surface area contributed by atoms with E-state index >= 15 is 0 Å². The number of carboxylic acid groups (broad SMARTS) is 1. The van der Waals surface area contributed by atoms with Crippen molar-refractivity contribution in [3.8, 4) is 0 Å². The minimum Gasteiger partial charge on any atom is -0.478 e. The molecule has 0 aliphatic rings. The highest BCUT2D eigenvalue weighted by molar-refractivity contribution is 6.06. The first-order valence-corrected chi connectivity index (χ1v) is 6.20. The number of aryl methyl sites for hydroxylation is 2. The fourth-order valence-electron chi connectivity index (χ4n) is 1.88. The molecule has 0 aromatic heterocycles. The molecule has 0 radical (unpaired) electrons. The van der Waals surface area contributed by atoms with Crippen LogP contribution in [0.15, 0.2) is 12.1 Å². The third-order valence-corrected chi connectivity index (χ3v) is 2.85. The highest BCUT2D eigenvalue weighted by Gasteiger charge is 2.20. The standard InChI is InChI=1S/C14H18N2O4/c1-8-4-5-9(2)12(14(19)20)11(8)13(18)16-7-6-15-10(3)17/h4-5H,6-7H2,1-3H3,(H,15,17)(H,16,18)(H,19,20). The van der Waals surface area contributed by atoms with Crippen molar-refractivity contribution in [2.24, 2.45) is 0 Å². The normalized spacial score (nSPS) is 9.95. The molecule has 0 spiro atoms. The molecular formula is C14H18N2O4. The Kier molecular flexibility index (Phi) is 5.25. The minimum atomic E-state index is -1.13. The SMILES string of the molecule is CC(=O)NCCNC(=O)c1c(C)ccc(C)c1C(=O)O. The van der Waals surface area contributed by atoms with Gasteiger partial charge in [-0.25, -0.2) is 4.79 Å². The molecule has 0 heterocycles. The van der Waals surface area contributed by atoms with Crippen LogP contribution in [0.5, 0.6) is 0 Å². The summed E-state index contributed by atoms with van der Waals surface area (Å²) in [5.41, 5.74) is 1.32. The lowest BCUT2D eigenvalue weighted by molar-refractivity contribution is -0.118. The number of carboxylic acids is 1. The lowest BCUT2D eigenvalue weighted by Crippen LogP contribution is -2.34. The maximum atomic E-state index is 12.1. The number of nitrogens with one attached hydrogen (secondary N) is 2. The van der Waals surface area contributed by atoms with Crippen molar-refractivity contribution in [3.63, 3.8) is 0 Å². The maximum Gasteiger partial charge on any atom is 0.336 e. The predicted octanol–water partition coefficient (Wildman–Crippen LogP) is 0.868. The van der Waals surface area contributed by atoms with Gasteiger partial charge in [-0.05, 0) is 25.0 Å². The number of hydrogen-bond acceptors (Lipinski definition) is 3. The molecule has 0 fully saturated rings. The van der Waals surface area contributed by atoms with E-state index in [-0.39, 0.29) is 23.6 Å². The topological polar surface area (TPSA) is 95.5 Å². The Morgan fingerprint density at radius 3 is 2.00 bits per heavy atom. The molecule has 0 bridgehead atoms. The molecule has 20 heavy (non-hydrogen) atoms. The van der Waals surface area contributed by atoms with Crippen LogP contribution < -0.4 is 10.6 Å². The Bertz CT molecular complexity index is 552. The summed E-state index contributed by atoms with van der Waals surface area (Å²) in [7, 11) is 0. The molecule has 3 N–H and O–H groups in total. The zero-order valence-electron chi connectivity index (χ0n) is 11.7.